The molecule has 0 aliphatic rings. The Morgan fingerprint density at radius 1 is 0.409 bits per heavy atom. The lowest BCUT2D eigenvalue weighted by molar-refractivity contribution is 0.481. The molecule has 6 nitrogen and oxygen atoms in total. The van der Waals surface area contributed by atoms with E-state index in [0.717, 1.165) is 21.2 Å². The van der Waals surface area contributed by atoms with Gasteiger partial charge in [-0.1, -0.05) is 121 Å². The second kappa shape index (κ2) is 12.3. The number of fused-ring (bicyclic) bond motifs is 1. The van der Waals surface area contributed by atoms with Crippen LogP contribution in [0.2, 0.25) is 0 Å². The summed E-state index contributed by atoms with van der Waals surface area (Å²) >= 11 is 0. The Labute approximate surface area is 259 Å². The zero-order valence-electron chi connectivity index (χ0n) is 23.1. The van der Waals surface area contributed by atoms with Gasteiger partial charge in [0.15, 0.2) is 0 Å². The summed E-state index contributed by atoms with van der Waals surface area (Å²) in [5, 5.41) is 5.98. The Hall–Kier alpha value is -3.74. The van der Waals surface area contributed by atoms with Gasteiger partial charge in [-0.2, -0.15) is 16.8 Å². The fourth-order valence-corrected chi connectivity index (χ4v) is 11.7. The lowest BCUT2D eigenvalue weighted by Gasteiger charge is -2.27. The molecule has 0 saturated carbocycles. The molecule has 0 unspecified atom stereocenters. The SMILES string of the molecule is O=S(=O)(O)c1cc(P(c2ccccc2)c2ccccc2)c2c(P(c3ccccc3)c3ccccc3)cc(S(=O)(=O)O)cc2c1. The fraction of sp³-hybridized carbons (Fsp3) is 0. The van der Waals surface area contributed by atoms with Gasteiger partial charge >= 0.3 is 0 Å². The van der Waals surface area contributed by atoms with Gasteiger partial charge in [0, 0.05) is 0 Å². The summed E-state index contributed by atoms with van der Waals surface area (Å²) in [4.78, 5) is -0.719. The summed E-state index contributed by atoms with van der Waals surface area (Å²) < 4.78 is 71.2. The summed E-state index contributed by atoms with van der Waals surface area (Å²) in [5.74, 6) is 0. The van der Waals surface area contributed by atoms with Gasteiger partial charge in [0.2, 0.25) is 0 Å². The van der Waals surface area contributed by atoms with Crippen molar-refractivity contribution in [1.29, 1.82) is 0 Å². The molecule has 10 heteroatoms. The van der Waals surface area contributed by atoms with Crippen LogP contribution >= 0.6 is 15.8 Å². The second-order valence-electron chi connectivity index (χ2n) is 9.95. The third-order valence-electron chi connectivity index (χ3n) is 7.09. The first-order valence-corrected chi connectivity index (χ1v) is 19.0. The maximum Gasteiger partial charge on any atom is 0.294 e. The quantitative estimate of drug-likeness (QED) is 0.179. The molecule has 0 radical (unpaired) electrons. The molecule has 0 bridgehead atoms. The van der Waals surface area contributed by atoms with Crippen LogP contribution in [0.25, 0.3) is 10.8 Å². The standard InChI is InChI=1S/C34H26O6P2S2/c35-43(36,37)30-21-25-22-31(44(38,39)40)24-33(42(28-17-9-3-10-18-28)29-19-11-4-12-20-29)34(25)32(23-30)41(26-13-5-1-6-14-26)27-15-7-2-8-16-27/h1-24H,(H,35,36,37)(H,38,39,40). The predicted octanol–water partition coefficient (Wildman–Crippen LogP) is 4.85. The van der Waals surface area contributed by atoms with E-state index in [9.17, 15) is 25.9 Å². The van der Waals surface area contributed by atoms with Gasteiger partial charge in [-0.15, -0.1) is 0 Å². The van der Waals surface area contributed by atoms with Crippen LogP contribution in [-0.4, -0.2) is 25.9 Å². The summed E-state index contributed by atoms with van der Waals surface area (Å²) in [6, 6.07) is 44.4. The third-order valence-corrected chi connectivity index (χ3v) is 13.7. The van der Waals surface area contributed by atoms with E-state index in [1.54, 1.807) is 0 Å². The number of benzene rings is 6. The molecule has 0 atom stereocenters. The molecule has 6 rings (SSSR count). The maximum absolute atomic E-state index is 12.7. The Bertz CT molecular complexity index is 1930. The van der Waals surface area contributed by atoms with Gasteiger partial charge in [0.05, 0.1) is 9.79 Å². The van der Waals surface area contributed by atoms with Crippen LogP contribution < -0.4 is 31.8 Å². The fourth-order valence-electron chi connectivity index (χ4n) is 5.23. The lowest BCUT2D eigenvalue weighted by atomic mass is 10.1. The predicted molar refractivity (Wildman–Crippen MR) is 181 cm³/mol. The molecule has 2 N–H and O–H groups in total. The summed E-state index contributed by atoms with van der Waals surface area (Å²) in [7, 11) is -12.2. The van der Waals surface area contributed by atoms with Gasteiger partial charge in [-0.05, 0) is 82.7 Å². The van der Waals surface area contributed by atoms with Crippen LogP contribution in [0.5, 0.6) is 0 Å². The first-order chi connectivity index (χ1) is 21.1. The third kappa shape index (κ3) is 6.24. The zero-order valence-corrected chi connectivity index (χ0v) is 26.5. The monoisotopic (exact) mass is 656 g/mol. The smallest absolute Gasteiger partial charge is 0.282 e. The van der Waals surface area contributed by atoms with Crippen LogP contribution in [-0.2, 0) is 20.2 Å². The molecule has 0 heterocycles. The minimum Gasteiger partial charge on any atom is -0.282 e. The Balaban J connectivity index is 1.83. The van der Waals surface area contributed by atoms with Crippen LogP contribution in [0, 0.1) is 0 Å². The molecular formula is C34H26O6P2S2. The van der Waals surface area contributed by atoms with Crippen molar-refractivity contribution in [3.05, 3.63) is 146 Å². The molecule has 0 fully saturated rings. The highest BCUT2D eigenvalue weighted by atomic mass is 32.2. The normalized spacial score (nSPS) is 12.2. The minimum atomic E-state index is -4.70. The molecule has 0 spiro atoms. The van der Waals surface area contributed by atoms with Gasteiger partial charge in [-0.3, -0.25) is 9.11 Å². The molecule has 0 aliphatic heterocycles. The first-order valence-electron chi connectivity index (χ1n) is 13.5. The largest absolute Gasteiger partial charge is 0.294 e. The molecule has 220 valence electrons. The topological polar surface area (TPSA) is 109 Å². The van der Waals surface area contributed by atoms with Crippen molar-refractivity contribution in [3.63, 3.8) is 0 Å². The average Bonchev–Trinajstić information content (AvgIpc) is 3.02. The van der Waals surface area contributed by atoms with E-state index in [-0.39, 0.29) is 15.2 Å². The van der Waals surface area contributed by atoms with Crippen molar-refractivity contribution in [3.8, 4) is 0 Å². The molecule has 6 aromatic carbocycles. The summed E-state index contributed by atoms with van der Waals surface area (Å²) in [6.45, 7) is 0. The molecule has 0 aliphatic carbocycles. The summed E-state index contributed by atoms with van der Waals surface area (Å²) in [5.41, 5.74) is 0. The maximum atomic E-state index is 12.7. The zero-order chi connectivity index (χ0) is 30.9. The van der Waals surface area contributed by atoms with E-state index in [1.165, 1.54) is 24.3 Å². The van der Waals surface area contributed by atoms with Gasteiger partial charge < -0.3 is 0 Å². The minimum absolute atomic E-state index is 0.277. The number of rotatable bonds is 8. The molecule has 0 amide bonds. The number of hydrogen-bond donors (Lipinski definition) is 2. The molecular weight excluding hydrogens is 630 g/mol. The highest BCUT2D eigenvalue weighted by Gasteiger charge is 2.29. The van der Waals surface area contributed by atoms with Crippen LogP contribution in [0.4, 0.5) is 0 Å². The molecule has 0 saturated heterocycles. The van der Waals surface area contributed by atoms with Crippen LogP contribution in [0.15, 0.2) is 155 Å². The van der Waals surface area contributed by atoms with Crippen LogP contribution in [0.3, 0.4) is 0 Å². The van der Waals surface area contributed by atoms with E-state index in [2.05, 4.69) is 0 Å². The van der Waals surface area contributed by atoms with E-state index >= 15 is 0 Å². The first kappa shape index (κ1) is 30.3. The van der Waals surface area contributed by atoms with E-state index < -0.39 is 36.1 Å². The van der Waals surface area contributed by atoms with E-state index in [4.69, 9.17) is 0 Å². The Kier molecular flexibility index (Phi) is 8.49. The molecule has 44 heavy (non-hydrogen) atoms. The van der Waals surface area contributed by atoms with Gasteiger partial charge in [-0.25, -0.2) is 0 Å². The van der Waals surface area contributed by atoms with Crippen molar-refractivity contribution in [2.75, 3.05) is 0 Å². The van der Waals surface area contributed by atoms with E-state index in [0.29, 0.717) is 16.0 Å². The van der Waals surface area contributed by atoms with Crippen molar-refractivity contribution in [2.24, 2.45) is 0 Å². The molecule has 6 aromatic rings. The van der Waals surface area contributed by atoms with E-state index in [1.807, 2.05) is 121 Å². The van der Waals surface area contributed by atoms with Gasteiger partial charge in [0.25, 0.3) is 20.2 Å². The highest BCUT2D eigenvalue weighted by molar-refractivity contribution is 7.86. The van der Waals surface area contributed by atoms with Gasteiger partial charge in [0.1, 0.15) is 0 Å². The van der Waals surface area contributed by atoms with Crippen molar-refractivity contribution >= 4 is 78.7 Å². The summed E-state index contributed by atoms with van der Waals surface area (Å²) in [6.07, 6.45) is 0. The Morgan fingerprint density at radius 3 is 0.932 bits per heavy atom. The average molecular weight is 657 g/mol. The Morgan fingerprint density at radius 2 is 0.682 bits per heavy atom. The second-order valence-corrected chi connectivity index (χ2v) is 17.2. The van der Waals surface area contributed by atoms with Crippen molar-refractivity contribution in [1.82, 2.24) is 0 Å². The molecule has 0 aromatic heterocycles. The number of hydrogen-bond acceptors (Lipinski definition) is 4. The lowest BCUT2D eigenvalue weighted by Crippen LogP contribution is -2.28. The van der Waals surface area contributed by atoms with Crippen molar-refractivity contribution in [2.45, 2.75) is 9.79 Å². The van der Waals surface area contributed by atoms with Crippen LogP contribution in [0.1, 0.15) is 0 Å². The highest BCUT2D eigenvalue weighted by Crippen LogP contribution is 2.42. The van der Waals surface area contributed by atoms with Crippen molar-refractivity contribution < 1.29 is 25.9 Å².